The quantitative estimate of drug-likeness (QED) is 0.520. The summed E-state index contributed by atoms with van der Waals surface area (Å²) in [7, 11) is 0. The summed E-state index contributed by atoms with van der Waals surface area (Å²) in [4.78, 5) is 4.51. The number of fused-ring (bicyclic) bond motifs is 1. The van der Waals surface area contributed by atoms with Crippen LogP contribution in [0.2, 0.25) is 0 Å². The van der Waals surface area contributed by atoms with Crippen LogP contribution in [0.1, 0.15) is 34.4 Å². The van der Waals surface area contributed by atoms with Gasteiger partial charge >= 0.3 is 0 Å². The van der Waals surface area contributed by atoms with Gasteiger partial charge in [0, 0.05) is 6.42 Å². The van der Waals surface area contributed by atoms with E-state index in [1.54, 1.807) is 0 Å². The number of aryl methyl sites for hydroxylation is 3. The number of hydrogen-bond donors (Lipinski definition) is 0. The van der Waals surface area contributed by atoms with Crippen molar-refractivity contribution in [2.45, 2.75) is 39.0 Å². The first-order valence-corrected chi connectivity index (χ1v) is 9.73. The van der Waals surface area contributed by atoms with Crippen LogP contribution in [-0.2, 0) is 30.7 Å². The van der Waals surface area contributed by atoms with Crippen molar-refractivity contribution in [1.82, 2.24) is 25.1 Å². The van der Waals surface area contributed by atoms with Gasteiger partial charge in [-0.1, -0.05) is 70.5 Å². The Morgan fingerprint density at radius 2 is 1.86 bits per heavy atom. The molecule has 0 N–H and O–H groups in total. The highest BCUT2D eigenvalue weighted by atomic mass is 16.5. The van der Waals surface area contributed by atoms with Gasteiger partial charge in [0.2, 0.25) is 11.7 Å². The molecule has 29 heavy (non-hydrogen) atoms. The van der Waals surface area contributed by atoms with Gasteiger partial charge in [-0.15, -0.1) is 5.10 Å². The molecular weight excluding hydrogens is 366 g/mol. The van der Waals surface area contributed by atoms with Crippen molar-refractivity contribution in [3.8, 4) is 11.5 Å². The Kier molecular flexibility index (Phi) is 4.65. The number of aromatic nitrogens is 5. The SMILES string of the molecule is Cc1ccc([C@H]2Cn3nnc(-c4noc(CCc5ccccc5)n4)c3CO2)cc1. The highest BCUT2D eigenvalue weighted by Gasteiger charge is 2.27. The van der Waals surface area contributed by atoms with Crippen molar-refractivity contribution >= 4 is 0 Å². The summed E-state index contributed by atoms with van der Waals surface area (Å²) in [5.41, 5.74) is 5.11. The second kappa shape index (κ2) is 7.60. The van der Waals surface area contributed by atoms with E-state index >= 15 is 0 Å². The maximum Gasteiger partial charge on any atom is 0.227 e. The number of nitrogens with zero attached hydrogens (tertiary/aromatic N) is 5. The summed E-state index contributed by atoms with van der Waals surface area (Å²) in [6.07, 6.45) is 1.50. The fourth-order valence-corrected chi connectivity index (χ4v) is 3.52. The Hall–Kier alpha value is -3.32. The zero-order valence-corrected chi connectivity index (χ0v) is 16.2. The van der Waals surface area contributed by atoms with E-state index in [1.807, 2.05) is 22.9 Å². The van der Waals surface area contributed by atoms with E-state index in [0.717, 1.165) is 17.7 Å². The van der Waals surface area contributed by atoms with Crippen LogP contribution in [0, 0.1) is 6.92 Å². The monoisotopic (exact) mass is 387 g/mol. The van der Waals surface area contributed by atoms with Crippen molar-refractivity contribution in [2.75, 3.05) is 0 Å². The van der Waals surface area contributed by atoms with Crippen molar-refractivity contribution in [2.24, 2.45) is 0 Å². The number of ether oxygens (including phenoxy) is 1. The van der Waals surface area contributed by atoms with E-state index in [-0.39, 0.29) is 6.10 Å². The third-order valence-corrected chi connectivity index (χ3v) is 5.20. The summed E-state index contributed by atoms with van der Waals surface area (Å²) in [6, 6.07) is 18.6. The predicted octanol–water partition coefficient (Wildman–Crippen LogP) is 3.69. The third-order valence-electron chi connectivity index (χ3n) is 5.20. The van der Waals surface area contributed by atoms with Gasteiger partial charge in [-0.25, -0.2) is 4.68 Å². The minimum Gasteiger partial charge on any atom is -0.365 e. The van der Waals surface area contributed by atoms with E-state index in [4.69, 9.17) is 9.26 Å². The molecule has 0 fully saturated rings. The standard InChI is InChI=1S/C22H21N5O2/c1-15-7-10-17(11-8-15)19-13-27-18(14-28-19)21(24-26-27)22-23-20(29-25-22)12-9-16-5-3-2-4-6-16/h2-8,10-11,19H,9,12-14H2,1H3/t19-/m1/s1. The van der Waals surface area contributed by atoms with Crippen LogP contribution in [0.4, 0.5) is 0 Å². The van der Waals surface area contributed by atoms with Crippen LogP contribution in [0.25, 0.3) is 11.5 Å². The zero-order valence-electron chi connectivity index (χ0n) is 16.2. The molecule has 4 aromatic rings. The minimum atomic E-state index is -0.0376. The Labute approximate surface area is 168 Å². The highest BCUT2D eigenvalue weighted by molar-refractivity contribution is 5.51. The first-order valence-electron chi connectivity index (χ1n) is 9.73. The smallest absolute Gasteiger partial charge is 0.227 e. The first kappa shape index (κ1) is 17.8. The molecule has 2 aromatic carbocycles. The Morgan fingerprint density at radius 3 is 2.69 bits per heavy atom. The summed E-state index contributed by atoms with van der Waals surface area (Å²) in [5.74, 6) is 1.06. The molecular formula is C22H21N5O2. The maximum absolute atomic E-state index is 6.08. The van der Waals surface area contributed by atoms with Gasteiger partial charge < -0.3 is 9.26 Å². The van der Waals surface area contributed by atoms with Gasteiger partial charge in [-0.05, 0) is 24.5 Å². The molecule has 7 heteroatoms. The van der Waals surface area contributed by atoms with E-state index in [2.05, 4.69) is 63.8 Å². The second-order valence-electron chi connectivity index (χ2n) is 7.27. The van der Waals surface area contributed by atoms with E-state index in [1.165, 1.54) is 11.1 Å². The lowest BCUT2D eigenvalue weighted by Crippen LogP contribution is -2.22. The second-order valence-corrected chi connectivity index (χ2v) is 7.27. The normalized spacial score (nSPS) is 16.0. The Balaban J connectivity index is 1.30. The molecule has 1 aliphatic heterocycles. The minimum absolute atomic E-state index is 0.0376. The summed E-state index contributed by atoms with van der Waals surface area (Å²) in [6.45, 7) is 3.10. The Bertz CT molecular complexity index is 1100. The van der Waals surface area contributed by atoms with Crippen molar-refractivity contribution in [3.63, 3.8) is 0 Å². The van der Waals surface area contributed by atoms with Crippen LogP contribution in [0.15, 0.2) is 59.1 Å². The Morgan fingerprint density at radius 1 is 1.03 bits per heavy atom. The summed E-state index contributed by atoms with van der Waals surface area (Å²) in [5, 5.41) is 12.7. The molecule has 0 amide bonds. The number of hydrogen-bond acceptors (Lipinski definition) is 6. The molecule has 5 rings (SSSR count). The van der Waals surface area contributed by atoms with Gasteiger partial charge in [-0.2, -0.15) is 4.98 Å². The molecule has 0 aliphatic carbocycles. The lowest BCUT2D eigenvalue weighted by Gasteiger charge is -2.24. The molecule has 1 atom stereocenters. The van der Waals surface area contributed by atoms with E-state index in [0.29, 0.717) is 37.0 Å². The summed E-state index contributed by atoms with van der Waals surface area (Å²) < 4.78 is 13.4. The zero-order chi connectivity index (χ0) is 19.6. The number of benzene rings is 2. The molecule has 0 saturated heterocycles. The molecule has 7 nitrogen and oxygen atoms in total. The fourth-order valence-electron chi connectivity index (χ4n) is 3.52. The number of rotatable bonds is 5. The largest absolute Gasteiger partial charge is 0.365 e. The molecule has 0 spiro atoms. The molecule has 2 aromatic heterocycles. The molecule has 0 bridgehead atoms. The molecule has 1 aliphatic rings. The van der Waals surface area contributed by atoms with E-state index < -0.39 is 0 Å². The molecule has 3 heterocycles. The lowest BCUT2D eigenvalue weighted by atomic mass is 10.1. The van der Waals surface area contributed by atoms with Crippen LogP contribution >= 0.6 is 0 Å². The van der Waals surface area contributed by atoms with Crippen LogP contribution in [0.5, 0.6) is 0 Å². The third kappa shape index (κ3) is 3.69. The van der Waals surface area contributed by atoms with Crippen LogP contribution in [0.3, 0.4) is 0 Å². The van der Waals surface area contributed by atoms with E-state index in [9.17, 15) is 0 Å². The van der Waals surface area contributed by atoms with Gasteiger partial charge in [0.1, 0.15) is 6.10 Å². The first-order chi connectivity index (χ1) is 14.3. The topological polar surface area (TPSA) is 78.9 Å². The van der Waals surface area contributed by atoms with Crippen LogP contribution < -0.4 is 0 Å². The lowest BCUT2D eigenvalue weighted by molar-refractivity contribution is -0.00112. The van der Waals surface area contributed by atoms with Gasteiger partial charge in [0.15, 0.2) is 5.69 Å². The average Bonchev–Trinajstić information content (AvgIpc) is 3.40. The molecule has 0 radical (unpaired) electrons. The van der Waals surface area contributed by atoms with Crippen molar-refractivity contribution in [1.29, 1.82) is 0 Å². The van der Waals surface area contributed by atoms with Crippen molar-refractivity contribution in [3.05, 3.63) is 82.9 Å². The molecule has 0 unspecified atom stereocenters. The van der Waals surface area contributed by atoms with Gasteiger partial charge in [-0.3, -0.25) is 0 Å². The predicted molar refractivity (Wildman–Crippen MR) is 106 cm³/mol. The average molecular weight is 387 g/mol. The van der Waals surface area contributed by atoms with Crippen LogP contribution in [-0.4, -0.2) is 25.1 Å². The summed E-state index contributed by atoms with van der Waals surface area (Å²) >= 11 is 0. The molecule has 146 valence electrons. The fraction of sp³-hybridized carbons (Fsp3) is 0.273. The van der Waals surface area contributed by atoms with Gasteiger partial charge in [0.05, 0.1) is 18.8 Å². The highest BCUT2D eigenvalue weighted by Crippen LogP contribution is 2.29. The maximum atomic E-state index is 6.08. The van der Waals surface area contributed by atoms with Crippen molar-refractivity contribution < 1.29 is 9.26 Å². The molecule has 0 saturated carbocycles. The van der Waals surface area contributed by atoms with Gasteiger partial charge in [0.25, 0.3) is 0 Å².